The van der Waals surface area contributed by atoms with E-state index in [1.165, 1.54) is 6.07 Å². The van der Waals surface area contributed by atoms with Gasteiger partial charge in [0.1, 0.15) is 11.4 Å². The summed E-state index contributed by atoms with van der Waals surface area (Å²) in [7, 11) is 0. The van der Waals surface area contributed by atoms with Crippen LogP contribution in [0.25, 0.3) is 10.9 Å². The Morgan fingerprint density at radius 3 is 2.64 bits per heavy atom. The highest BCUT2D eigenvalue weighted by molar-refractivity contribution is 6.04. The van der Waals surface area contributed by atoms with Gasteiger partial charge in [-0.2, -0.15) is 0 Å². The molecule has 0 unspecified atom stereocenters. The lowest BCUT2D eigenvalue weighted by Crippen LogP contribution is -2.13. The van der Waals surface area contributed by atoms with E-state index in [-0.39, 0.29) is 24.0 Å². The third-order valence-electron chi connectivity index (χ3n) is 3.01. The molecule has 3 rings (SSSR count). The van der Waals surface area contributed by atoms with Gasteiger partial charge in [0.05, 0.1) is 0 Å². The van der Waals surface area contributed by atoms with Crippen LogP contribution in [0.5, 0.6) is 0 Å². The molecule has 0 aliphatic rings. The summed E-state index contributed by atoms with van der Waals surface area (Å²) in [4.78, 5) is 29.6. The van der Waals surface area contributed by atoms with Crippen LogP contribution in [0, 0.1) is 0 Å². The summed E-state index contributed by atoms with van der Waals surface area (Å²) in [5.74, 6) is -1.34. The van der Waals surface area contributed by atoms with Crippen molar-refractivity contribution in [2.24, 2.45) is 0 Å². The highest BCUT2D eigenvalue weighted by Crippen LogP contribution is 2.20. The van der Waals surface area contributed by atoms with Crippen LogP contribution in [0.15, 0.2) is 48.7 Å². The minimum Gasteiger partial charge on any atom is -0.477 e. The number of aromatic nitrogens is 2. The highest BCUT2D eigenvalue weighted by atomic mass is 35.5. The summed E-state index contributed by atoms with van der Waals surface area (Å²) in [5.41, 5.74) is 1.70. The van der Waals surface area contributed by atoms with Gasteiger partial charge in [0.15, 0.2) is 0 Å². The second-order valence-corrected chi connectivity index (χ2v) is 4.46. The second-order valence-electron chi connectivity index (χ2n) is 4.46. The molecule has 0 aliphatic carbocycles. The normalized spacial score (nSPS) is 10.0. The first-order chi connectivity index (χ1) is 10.1. The number of nitrogens with zero attached hydrogens (tertiary/aromatic N) is 1. The first kappa shape index (κ1) is 15.5. The molecule has 0 atom stereocenters. The molecule has 3 aromatic rings. The predicted octanol–water partition coefficient (Wildman–Crippen LogP) is 2.94. The van der Waals surface area contributed by atoms with E-state index in [0.29, 0.717) is 22.3 Å². The Hall–Kier alpha value is -2.86. The number of halogens is 1. The number of anilines is 1. The van der Waals surface area contributed by atoms with Crippen molar-refractivity contribution in [3.63, 3.8) is 0 Å². The van der Waals surface area contributed by atoms with Crippen LogP contribution in [0.1, 0.15) is 21.0 Å². The first-order valence-corrected chi connectivity index (χ1v) is 6.22. The molecule has 0 saturated heterocycles. The number of aromatic carboxylic acids is 1. The predicted molar refractivity (Wildman–Crippen MR) is 84.7 cm³/mol. The Kier molecular flexibility index (Phi) is 4.43. The molecule has 6 nitrogen and oxygen atoms in total. The molecule has 112 valence electrons. The summed E-state index contributed by atoms with van der Waals surface area (Å²) in [6, 6.07) is 11.7. The van der Waals surface area contributed by atoms with Crippen LogP contribution in [0.3, 0.4) is 0 Å². The summed E-state index contributed by atoms with van der Waals surface area (Å²) in [5, 5.41) is 12.4. The molecular weight excluding hydrogens is 306 g/mol. The van der Waals surface area contributed by atoms with Crippen molar-refractivity contribution in [1.29, 1.82) is 0 Å². The number of hydrogen-bond acceptors (Lipinski definition) is 3. The number of rotatable bonds is 3. The minimum absolute atomic E-state index is 0. The quantitative estimate of drug-likeness (QED) is 0.692. The minimum atomic E-state index is -1.02. The molecule has 1 amide bonds. The standard InChI is InChI=1S/C15H11N3O3.ClH/c19-14(12-3-1-2-6-16-12)17-10-4-5-11-9(7-10)8-13(18-11)15(20)21;/h1-8,18H,(H,17,19)(H,20,21);1H. The lowest BCUT2D eigenvalue weighted by Gasteiger charge is -2.04. The Balaban J connectivity index is 0.00000176. The maximum Gasteiger partial charge on any atom is 0.352 e. The Morgan fingerprint density at radius 1 is 1.14 bits per heavy atom. The molecule has 7 heteroatoms. The number of carboxylic acid groups (broad SMARTS) is 1. The number of aromatic amines is 1. The van der Waals surface area contributed by atoms with Crippen LogP contribution in [-0.2, 0) is 0 Å². The molecule has 0 saturated carbocycles. The van der Waals surface area contributed by atoms with E-state index in [9.17, 15) is 9.59 Å². The van der Waals surface area contributed by atoms with Crippen molar-refractivity contribution >= 4 is 40.9 Å². The van der Waals surface area contributed by atoms with Crippen LogP contribution in [0.2, 0.25) is 0 Å². The van der Waals surface area contributed by atoms with E-state index in [1.54, 1.807) is 42.6 Å². The van der Waals surface area contributed by atoms with Gasteiger partial charge < -0.3 is 15.4 Å². The number of pyridine rings is 1. The third-order valence-corrected chi connectivity index (χ3v) is 3.01. The fourth-order valence-corrected chi connectivity index (χ4v) is 2.02. The molecule has 3 N–H and O–H groups in total. The van der Waals surface area contributed by atoms with Crippen LogP contribution < -0.4 is 5.32 Å². The van der Waals surface area contributed by atoms with E-state index in [2.05, 4.69) is 15.3 Å². The molecule has 0 bridgehead atoms. The molecular formula is C15H12ClN3O3. The van der Waals surface area contributed by atoms with Crippen molar-refractivity contribution in [3.8, 4) is 0 Å². The molecule has 1 aromatic carbocycles. The van der Waals surface area contributed by atoms with Gasteiger partial charge in [0.25, 0.3) is 5.91 Å². The average molecular weight is 318 g/mol. The summed E-state index contributed by atoms with van der Waals surface area (Å²) < 4.78 is 0. The van der Waals surface area contributed by atoms with Crippen LogP contribution in [-0.4, -0.2) is 27.0 Å². The maximum absolute atomic E-state index is 12.0. The van der Waals surface area contributed by atoms with E-state index >= 15 is 0 Å². The molecule has 2 aromatic heterocycles. The van der Waals surface area contributed by atoms with Gasteiger partial charge >= 0.3 is 5.97 Å². The molecule has 2 heterocycles. The van der Waals surface area contributed by atoms with Gasteiger partial charge in [-0.15, -0.1) is 12.4 Å². The third kappa shape index (κ3) is 3.07. The number of nitrogens with one attached hydrogen (secondary N) is 2. The number of H-pyrrole nitrogens is 1. The smallest absolute Gasteiger partial charge is 0.352 e. The summed E-state index contributed by atoms with van der Waals surface area (Å²) in [6.07, 6.45) is 1.55. The number of hydrogen-bond donors (Lipinski definition) is 3. The SMILES string of the molecule is Cl.O=C(Nc1ccc2[nH]c(C(=O)O)cc2c1)c1ccccn1. The Bertz CT molecular complexity index is 830. The first-order valence-electron chi connectivity index (χ1n) is 6.22. The summed E-state index contributed by atoms with van der Waals surface area (Å²) >= 11 is 0. The van der Waals surface area contributed by atoms with Gasteiger partial charge in [-0.05, 0) is 36.4 Å². The zero-order chi connectivity index (χ0) is 14.8. The zero-order valence-electron chi connectivity index (χ0n) is 11.2. The summed E-state index contributed by atoms with van der Waals surface area (Å²) in [6.45, 7) is 0. The zero-order valence-corrected chi connectivity index (χ0v) is 12.1. The van der Waals surface area contributed by atoms with Gasteiger partial charge in [-0.1, -0.05) is 6.07 Å². The maximum atomic E-state index is 12.0. The average Bonchev–Trinajstić information content (AvgIpc) is 2.91. The lowest BCUT2D eigenvalue weighted by molar-refractivity contribution is 0.0691. The number of amides is 1. The van der Waals surface area contributed by atoms with E-state index in [4.69, 9.17) is 5.11 Å². The number of carbonyl (C=O) groups is 2. The molecule has 0 aliphatic heterocycles. The van der Waals surface area contributed by atoms with Crippen molar-refractivity contribution in [2.75, 3.05) is 5.32 Å². The van der Waals surface area contributed by atoms with Gasteiger partial charge in [-0.3, -0.25) is 9.78 Å². The number of carbonyl (C=O) groups excluding carboxylic acids is 1. The largest absolute Gasteiger partial charge is 0.477 e. The van der Waals surface area contributed by atoms with E-state index in [0.717, 1.165) is 0 Å². The molecule has 0 radical (unpaired) electrons. The molecule has 22 heavy (non-hydrogen) atoms. The Morgan fingerprint density at radius 2 is 1.95 bits per heavy atom. The van der Waals surface area contributed by atoms with Gasteiger partial charge in [0, 0.05) is 22.8 Å². The highest BCUT2D eigenvalue weighted by Gasteiger charge is 2.10. The topological polar surface area (TPSA) is 95.1 Å². The fourth-order valence-electron chi connectivity index (χ4n) is 2.02. The van der Waals surface area contributed by atoms with Crippen molar-refractivity contribution < 1.29 is 14.7 Å². The van der Waals surface area contributed by atoms with Crippen molar-refractivity contribution in [2.45, 2.75) is 0 Å². The number of benzene rings is 1. The fraction of sp³-hybridized carbons (Fsp3) is 0. The monoisotopic (exact) mass is 317 g/mol. The van der Waals surface area contributed by atoms with E-state index in [1.807, 2.05) is 0 Å². The Labute approximate surface area is 131 Å². The van der Waals surface area contributed by atoms with Gasteiger partial charge in [0.2, 0.25) is 0 Å². The lowest BCUT2D eigenvalue weighted by atomic mass is 10.2. The number of carboxylic acids is 1. The molecule has 0 spiro atoms. The van der Waals surface area contributed by atoms with Crippen LogP contribution in [0.4, 0.5) is 5.69 Å². The van der Waals surface area contributed by atoms with Gasteiger partial charge in [-0.25, -0.2) is 4.79 Å². The van der Waals surface area contributed by atoms with Crippen LogP contribution >= 0.6 is 12.4 Å². The second kappa shape index (κ2) is 6.28. The van der Waals surface area contributed by atoms with E-state index < -0.39 is 5.97 Å². The van der Waals surface area contributed by atoms with Crippen molar-refractivity contribution in [1.82, 2.24) is 9.97 Å². The number of fused-ring (bicyclic) bond motifs is 1. The molecule has 0 fully saturated rings. The van der Waals surface area contributed by atoms with Crippen molar-refractivity contribution in [3.05, 3.63) is 60.0 Å².